The van der Waals surface area contributed by atoms with E-state index in [1.54, 1.807) is 22.9 Å². The van der Waals surface area contributed by atoms with Crippen LogP contribution in [0.2, 0.25) is 0 Å². The molecule has 0 radical (unpaired) electrons. The Morgan fingerprint density at radius 1 is 1.10 bits per heavy atom. The van der Waals surface area contributed by atoms with Crippen molar-refractivity contribution in [3.8, 4) is 23.2 Å². The van der Waals surface area contributed by atoms with Crippen molar-refractivity contribution in [1.82, 2.24) is 29.2 Å². The maximum absolute atomic E-state index is 14.3. The van der Waals surface area contributed by atoms with Crippen molar-refractivity contribution in [2.75, 3.05) is 44.8 Å². The lowest BCUT2D eigenvalue weighted by molar-refractivity contribution is -0.0592. The minimum absolute atomic E-state index is 0.0117. The first-order valence-corrected chi connectivity index (χ1v) is 15.9. The molecule has 2 saturated heterocycles. The molecule has 0 amide bonds. The van der Waals surface area contributed by atoms with Crippen molar-refractivity contribution >= 4 is 22.8 Å². The highest BCUT2D eigenvalue weighted by atomic mass is 19.1. The van der Waals surface area contributed by atoms with Crippen LogP contribution in [0.4, 0.5) is 10.2 Å². The van der Waals surface area contributed by atoms with Crippen LogP contribution in [0.25, 0.3) is 22.3 Å². The van der Waals surface area contributed by atoms with Crippen LogP contribution < -0.4 is 9.64 Å². The lowest BCUT2D eigenvalue weighted by atomic mass is 10.1. The average Bonchev–Trinajstić information content (AvgIpc) is 3.68. The van der Waals surface area contributed by atoms with Gasteiger partial charge in [0.05, 0.1) is 60.2 Å². The number of hydrogen-bond acceptors (Lipinski definition) is 10. The van der Waals surface area contributed by atoms with Crippen molar-refractivity contribution in [3.63, 3.8) is 0 Å². The normalized spacial score (nSPS) is 16.5. The van der Waals surface area contributed by atoms with E-state index in [0.717, 1.165) is 73.1 Å². The molecule has 0 bridgehead atoms. The molecule has 2 aliphatic rings. The minimum Gasteiger partial charge on any atom is -0.473 e. The Morgan fingerprint density at radius 3 is 2.62 bits per heavy atom. The van der Waals surface area contributed by atoms with Gasteiger partial charge in [-0.2, -0.15) is 15.3 Å². The molecule has 1 atom stereocenters. The van der Waals surface area contributed by atoms with Crippen LogP contribution in [0, 0.1) is 17.1 Å². The molecule has 0 saturated carbocycles. The lowest BCUT2D eigenvalue weighted by Gasteiger charge is -2.35. The van der Waals surface area contributed by atoms with Gasteiger partial charge >= 0.3 is 5.97 Å². The monoisotopic (exact) mass is 650 g/mol. The van der Waals surface area contributed by atoms with E-state index in [1.165, 1.54) is 13.2 Å². The highest BCUT2D eigenvalue weighted by Crippen LogP contribution is 2.32. The molecule has 48 heavy (non-hydrogen) atoms. The summed E-state index contributed by atoms with van der Waals surface area (Å²) < 4.78 is 35.0. The summed E-state index contributed by atoms with van der Waals surface area (Å²) in [4.78, 5) is 27.1. The number of hydrogen-bond donors (Lipinski definition) is 0. The van der Waals surface area contributed by atoms with E-state index in [4.69, 9.17) is 24.5 Å². The predicted molar refractivity (Wildman–Crippen MR) is 175 cm³/mol. The predicted octanol–water partition coefficient (Wildman–Crippen LogP) is 4.32. The summed E-state index contributed by atoms with van der Waals surface area (Å²) in [7, 11) is 3.24. The second-order valence-corrected chi connectivity index (χ2v) is 12.0. The lowest BCUT2D eigenvalue weighted by Crippen LogP contribution is -2.46. The van der Waals surface area contributed by atoms with Crippen LogP contribution in [0.15, 0.2) is 60.8 Å². The number of methoxy groups -OCH3 is 1. The molecule has 2 aliphatic heterocycles. The zero-order valence-corrected chi connectivity index (χ0v) is 26.8. The van der Waals surface area contributed by atoms with Gasteiger partial charge in [-0.15, -0.1) is 0 Å². The summed E-state index contributed by atoms with van der Waals surface area (Å²) in [6, 6.07) is 17.4. The number of nitrogens with zero attached hydrogens (tertiary/aromatic N) is 8. The van der Waals surface area contributed by atoms with E-state index in [9.17, 15) is 9.18 Å². The molecule has 0 unspecified atom stereocenters. The topological polar surface area (TPSA) is 124 Å². The van der Waals surface area contributed by atoms with Gasteiger partial charge in [0, 0.05) is 63.2 Å². The standard InChI is InChI=1S/C35H35FN8O4/c1-41-10-8-29(40-41)27-17-25(35(45)46-2)18-30-34(27)39-32(44(30)20-26-9-15-47-26)21-42-11-13-43(14-12-42)31-4-3-5-33(38-31)48-22-24-7-6-23(19-37)16-28(24)36/h3-8,10,16-18,26H,9,11-15,20-22H2,1-2H3/t26-/m0/s1. The van der Waals surface area contributed by atoms with Gasteiger partial charge in [0.15, 0.2) is 0 Å². The number of aryl methyl sites for hydroxylation is 1. The van der Waals surface area contributed by atoms with Crippen molar-refractivity contribution in [3.05, 3.63) is 89.1 Å². The van der Waals surface area contributed by atoms with E-state index in [-0.39, 0.29) is 18.3 Å². The first kappa shape index (κ1) is 31.3. The van der Waals surface area contributed by atoms with E-state index >= 15 is 0 Å². The number of carbonyl (C=O) groups is 1. The number of imidazole rings is 1. The van der Waals surface area contributed by atoms with Crippen LogP contribution in [0.3, 0.4) is 0 Å². The molecule has 3 aromatic heterocycles. The zero-order chi connectivity index (χ0) is 33.2. The number of aromatic nitrogens is 5. The van der Waals surface area contributed by atoms with Gasteiger partial charge in [-0.05, 0) is 42.8 Å². The second-order valence-electron chi connectivity index (χ2n) is 12.0. The molecule has 0 N–H and O–H groups in total. The highest BCUT2D eigenvalue weighted by Gasteiger charge is 2.27. The number of ether oxygens (including phenoxy) is 3. The fraction of sp³-hybridized carbons (Fsp3) is 0.343. The summed E-state index contributed by atoms with van der Waals surface area (Å²) in [5.74, 6) is 1.20. The Labute approximate surface area is 276 Å². The van der Waals surface area contributed by atoms with Crippen molar-refractivity contribution in [2.45, 2.75) is 32.2 Å². The summed E-state index contributed by atoms with van der Waals surface area (Å²) >= 11 is 0. The molecule has 7 rings (SSSR count). The maximum atomic E-state index is 14.3. The van der Waals surface area contributed by atoms with E-state index < -0.39 is 11.8 Å². The number of piperazine rings is 1. The van der Waals surface area contributed by atoms with Crippen molar-refractivity contribution in [2.24, 2.45) is 7.05 Å². The first-order chi connectivity index (χ1) is 23.4. The number of fused-ring (bicyclic) bond motifs is 1. The first-order valence-electron chi connectivity index (χ1n) is 15.9. The molecule has 0 spiro atoms. The third kappa shape index (κ3) is 6.45. The molecule has 246 valence electrons. The minimum atomic E-state index is -0.480. The number of esters is 1. The molecule has 5 heterocycles. The Kier molecular flexibility index (Phi) is 8.75. The number of anilines is 1. The SMILES string of the molecule is COC(=O)c1cc(-c2ccn(C)n2)c2nc(CN3CCN(c4cccc(OCc5ccc(C#N)cc5F)n4)CC3)n(C[C@@H]3CCO3)c2c1. The van der Waals surface area contributed by atoms with E-state index in [0.29, 0.717) is 30.1 Å². The van der Waals surface area contributed by atoms with Crippen LogP contribution in [0.5, 0.6) is 5.88 Å². The molecule has 2 aromatic carbocycles. The average molecular weight is 651 g/mol. The van der Waals surface area contributed by atoms with Crippen molar-refractivity contribution < 1.29 is 23.4 Å². The molecular weight excluding hydrogens is 615 g/mol. The summed E-state index contributed by atoms with van der Waals surface area (Å²) in [5.41, 5.74) is 4.23. The fourth-order valence-electron chi connectivity index (χ4n) is 6.10. The van der Waals surface area contributed by atoms with Gasteiger partial charge in [0.2, 0.25) is 5.88 Å². The number of benzene rings is 2. The van der Waals surface area contributed by atoms with Gasteiger partial charge in [-0.25, -0.2) is 14.2 Å². The van der Waals surface area contributed by atoms with E-state index in [1.807, 2.05) is 49.6 Å². The molecule has 12 nitrogen and oxygen atoms in total. The molecule has 5 aromatic rings. The molecular formula is C35H35FN8O4. The zero-order valence-electron chi connectivity index (χ0n) is 26.8. The van der Waals surface area contributed by atoms with Gasteiger partial charge in [0.25, 0.3) is 0 Å². The second kappa shape index (κ2) is 13.4. The van der Waals surface area contributed by atoms with E-state index in [2.05, 4.69) is 24.4 Å². The van der Waals surface area contributed by atoms with Gasteiger partial charge in [-0.3, -0.25) is 9.58 Å². The van der Waals surface area contributed by atoms with Crippen LogP contribution in [0.1, 0.15) is 33.7 Å². The van der Waals surface area contributed by atoms with Gasteiger partial charge in [-0.1, -0.05) is 12.1 Å². The molecule has 0 aliphatic carbocycles. The fourth-order valence-corrected chi connectivity index (χ4v) is 6.10. The number of halogens is 1. The summed E-state index contributed by atoms with van der Waals surface area (Å²) in [6.45, 7) is 5.08. The Balaban J connectivity index is 1.08. The van der Waals surface area contributed by atoms with Crippen molar-refractivity contribution in [1.29, 1.82) is 5.26 Å². The maximum Gasteiger partial charge on any atom is 0.337 e. The number of carbonyl (C=O) groups excluding carboxylic acids is 1. The van der Waals surface area contributed by atoms with Gasteiger partial charge in [0.1, 0.15) is 24.1 Å². The Morgan fingerprint density at radius 2 is 1.94 bits per heavy atom. The Hall–Kier alpha value is -5.32. The highest BCUT2D eigenvalue weighted by molar-refractivity contribution is 6.00. The van der Waals surface area contributed by atoms with Crippen LogP contribution in [-0.4, -0.2) is 81.2 Å². The summed E-state index contributed by atoms with van der Waals surface area (Å²) in [5, 5.41) is 13.6. The quantitative estimate of drug-likeness (QED) is 0.202. The summed E-state index contributed by atoms with van der Waals surface area (Å²) in [6.07, 6.45) is 2.93. The van der Waals surface area contributed by atoms with Crippen LogP contribution in [-0.2, 0) is 36.2 Å². The number of nitriles is 1. The largest absolute Gasteiger partial charge is 0.473 e. The smallest absolute Gasteiger partial charge is 0.337 e. The Bertz CT molecular complexity index is 2010. The third-order valence-corrected chi connectivity index (χ3v) is 8.85. The number of pyridine rings is 1. The van der Waals surface area contributed by atoms with Crippen LogP contribution >= 0.6 is 0 Å². The van der Waals surface area contributed by atoms with Gasteiger partial charge < -0.3 is 23.7 Å². The number of rotatable bonds is 10. The third-order valence-electron chi connectivity index (χ3n) is 8.85. The molecule has 13 heteroatoms. The molecule has 2 fully saturated rings.